The van der Waals surface area contributed by atoms with Crippen molar-refractivity contribution < 1.29 is 22.7 Å². The average molecular weight is 492 g/mol. The highest BCUT2D eigenvalue weighted by Crippen LogP contribution is 2.36. The number of hydrogen-bond acceptors (Lipinski definition) is 5. The van der Waals surface area contributed by atoms with Crippen LogP contribution in [0.25, 0.3) is 0 Å². The van der Waals surface area contributed by atoms with E-state index in [9.17, 15) is 18.0 Å². The summed E-state index contributed by atoms with van der Waals surface area (Å²) in [5, 5.41) is 6.25. The summed E-state index contributed by atoms with van der Waals surface area (Å²) in [7, 11) is -3.85. The summed E-state index contributed by atoms with van der Waals surface area (Å²) in [6.45, 7) is 4.08. The summed E-state index contributed by atoms with van der Waals surface area (Å²) < 4.78 is 33.9. The Balaban J connectivity index is 1.48. The van der Waals surface area contributed by atoms with E-state index in [2.05, 4.69) is 10.6 Å². The molecule has 0 unspecified atom stereocenters. The minimum Gasteiger partial charge on any atom is -0.479 e. The van der Waals surface area contributed by atoms with Crippen LogP contribution in [0.1, 0.15) is 30.9 Å². The van der Waals surface area contributed by atoms with Crippen LogP contribution in [0.15, 0.2) is 41.3 Å². The fourth-order valence-corrected chi connectivity index (χ4v) is 5.94. The van der Waals surface area contributed by atoms with Crippen LogP contribution in [0.4, 0.5) is 5.69 Å². The van der Waals surface area contributed by atoms with Gasteiger partial charge in [-0.05, 0) is 56.0 Å². The number of benzene rings is 2. The molecule has 0 aromatic heterocycles. The third-order valence-corrected chi connectivity index (χ3v) is 8.22. The van der Waals surface area contributed by atoms with Gasteiger partial charge in [-0.3, -0.25) is 9.59 Å². The molecule has 0 bridgehead atoms. The Hall–Kier alpha value is -2.62. The minimum atomic E-state index is -3.85. The number of ether oxygens (including phenoxy) is 1. The molecule has 8 nitrogen and oxygen atoms in total. The van der Waals surface area contributed by atoms with Crippen molar-refractivity contribution >= 4 is 39.1 Å². The Morgan fingerprint density at radius 3 is 2.73 bits per heavy atom. The highest BCUT2D eigenvalue weighted by molar-refractivity contribution is 7.89. The van der Waals surface area contributed by atoms with E-state index in [4.69, 9.17) is 16.3 Å². The van der Waals surface area contributed by atoms with E-state index in [1.165, 1.54) is 10.4 Å². The van der Waals surface area contributed by atoms with Crippen molar-refractivity contribution in [3.63, 3.8) is 0 Å². The summed E-state index contributed by atoms with van der Waals surface area (Å²) in [6, 6.07) is 10.3. The van der Waals surface area contributed by atoms with Crippen LogP contribution in [0.3, 0.4) is 0 Å². The van der Waals surface area contributed by atoms with E-state index < -0.39 is 22.0 Å². The molecule has 2 aromatic carbocycles. The molecule has 1 saturated heterocycles. The van der Waals surface area contributed by atoms with Gasteiger partial charge in [0.05, 0.1) is 16.5 Å². The summed E-state index contributed by atoms with van der Waals surface area (Å²) in [5.41, 5.74) is 1.87. The third kappa shape index (κ3) is 5.00. The molecule has 2 aliphatic rings. The van der Waals surface area contributed by atoms with Crippen molar-refractivity contribution in [3.05, 3.63) is 52.5 Å². The van der Waals surface area contributed by atoms with E-state index in [0.717, 1.165) is 5.56 Å². The quantitative estimate of drug-likeness (QED) is 0.668. The van der Waals surface area contributed by atoms with Gasteiger partial charge in [0.2, 0.25) is 15.9 Å². The van der Waals surface area contributed by atoms with Crippen molar-refractivity contribution in [2.45, 2.75) is 44.2 Å². The highest BCUT2D eigenvalue weighted by Gasteiger charge is 2.35. The SMILES string of the molecule is Cc1cc2c(cc1S(=O)(=O)N1CCC[C@H](C(=O)NCc3ccc(Cl)cc3)C1)O[C@H](C)C(=O)N2. The molecule has 2 atom stereocenters. The Bertz CT molecular complexity index is 1180. The van der Waals surface area contributed by atoms with Gasteiger partial charge in [0, 0.05) is 30.7 Å². The number of halogens is 1. The summed E-state index contributed by atoms with van der Waals surface area (Å²) >= 11 is 5.89. The fourth-order valence-electron chi connectivity index (χ4n) is 4.07. The van der Waals surface area contributed by atoms with Gasteiger partial charge >= 0.3 is 0 Å². The van der Waals surface area contributed by atoms with Gasteiger partial charge in [-0.25, -0.2) is 8.42 Å². The first kappa shape index (κ1) is 23.5. The predicted molar refractivity (Wildman–Crippen MR) is 125 cm³/mol. The van der Waals surface area contributed by atoms with Gasteiger partial charge < -0.3 is 15.4 Å². The van der Waals surface area contributed by atoms with E-state index in [-0.39, 0.29) is 23.3 Å². The Morgan fingerprint density at radius 1 is 1.27 bits per heavy atom. The summed E-state index contributed by atoms with van der Waals surface area (Å²) in [6.07, 6.45) is 0.500. The topological polar surface area (TPSA) is 105 Å². The number of rotatable bonds is 5. The molecule has 2 N–H and O–H groups in total. The number of hydrogen-bond donors (Lipinski definition) is 2. The highest BCUT2D eigenvalue weighted by atomic mass is 35.5. The van der Waals surface area contributed by atoms with Crippen LogP contribution in [0.5, 0.6) is 5.75 Å². The van der Waals surface area contributed by atoms with Crippen molar-refractivity contribution in [2.75, 3.05) is 18.4 Å². The molecule has 10 heteroatoms. The molecule has 2 heterocycles. The van der Waals surface area contributed by atoms with Gasteiger partial charge in [-0.15, -0.1) is 0 Å². The first-order chi connectivity index (χ1) is 15.6. The molecule has 2 amide bonds. The number of piperidine rings is 1. The van der Waals surface area contributed by atoms with Crippen molar-refractivity contribution in [2.24, 2.45) is 5.92 Å². The van der Waals surface area contributed by atoms with Crippen molar-refractivity contribution in [1.29, 1.82) is 0 Å². The fraction of sp³-hybridized carbons (Fsp3) is 0.391. The zero-order valence-corrected chi connectivity index (χ0v) is 20.0. The maximum absolute atomic E-state index is 13.5. The van der Waals surface area contributed by atoms with Gasteiger partial charge in [0.25, 0.3) is 5.91 Å². The number of nitrogens with one attached hydrogen (secondary N) is 2. The second-order valence-electron chi connectivity index (χ2n) is 8.41. The molecule has 176 valence electrons. The lowest BCUT2D eigenvalue weighted by Crippen LogP contribution is -2.45. The molecule has 0 radical (unpaired) electrons. The number of nitrogens with zero attached hydrogens (tertiary/aromatic N) is 1. The van der Waals surface area contributed by atoms with E-state index in [1.54, 1.807) is 32.0 Å². The van der Waals surface area contributed by atoms with E-state index in [0.29, 0.717) is 48.0 Å². The number of carbonyl (C=O) groups is 2. The van der Waals surface area contributed by atoms with Gasteiger partial charge in [-0.1, -0.05) is 23.7 Å². The van der Waals surface area contributed by atoms with Crippen LogP contribution in [0, 0.1) is 12.8 Å². The first-order valence-corrected chi connectivity index (χ1v) is 12.6. The second-order valence-corrected chi connectivity index (χ2v) is 10.8. The molecular formula is C23H26ClN3O5S. The number of sulfonamides is 1. The average Bonchev–Trinajstić information content (AvgIpc) is 2.79. The molecule has 33 heavy (non-hydrogen) atoms. The predicted octanol–water partition coefficient (Wildman–Crippen LogP) is 3.08. The number of fused-ring (bicyclic) bond motifs is 1. The number of aryl methyl sites for hydroxylation is 1. The second kappa shape index (κ2) is 9.32. The zero-order chi connectivity index (χ0) is 23.8. The Labute approximate surface area is 198 Å². The lowest BCUT2D eigenvalue weighted by Gasteiger charge is -2.32. The van der Waals surface area contributed by atoms with Crippen LogP contribution < -0.4 is 15.4 Å². The molecule has 2 aromatic rings. The Kier molecular flexibility index (Phi) is 6.65. The van der Waals surface area contributed by atoms with Crippen molar-refractivity contribution in [1.82, 2.24) is 9.62 Å². The summed E-state index contributed by atoms with van der Waals surface area (Å²) in [4.78, 5) is 24.7. The first-order valence-electron chi connectivity index (χ1n) is 10.8. The van der Waals surface area contributed by atoms with E-state index in [1.807, 2.05) is 12.1 Å². The van der Waals surface area contributed by atoms with Gasteiger partial charge in [0.1, 0.15) is 5.75 Å². The number of anilines is 1. The van der Waals surface area contributed by atoms with Crippen LogP contribution >= 0.6 is 11.6 Å². The third-order valence-electron chi connectivity index (χ3n) is 5.96. The molecule has 2 aliphatic heterocycles. The lowest BCUT2D eigenvalue weighted by atomic mass is 9.99. The standard InChI is InChI=1S/C23H26ClN3O5S/c1-14-10-19-20(32-15(2)22(28)26-19)11-21(14)33(30,31)27-9-3-4-17(13-27)23(29)25-12-16-5-7-18(24)8-6-16/h5-8,10-11,15,17H,3-4,9,12-13H2,1-2H3,(H,25,29)(H,26,28)/t15-,17+/m1/s1. The monoisotopic (exact) mass is 491 g/mol. The van der Waals surface area contributed by atoms with E-state index >= 15 is 0 Å². The van der Waals surface area contributed by atoms with Gasteiger partial charge in [-0.2, -0.15) is 4.31 Å². The van der Waals surface area contributed by atoms with Gasteiger partial charge in [0.15, 0.2) is 6.10 Å². The molecule has 0 saturated carbocycles. The molecule has 1 fully saturated rings. The molecular weight excluding hydrogens is 466 g/mol. The van der Waals surface area contributed by atoms with Crippen LogP contribution in [-0.2, 0) is 26.2 Å². The molecule has 0 aliphatic carbocycles. The smallest absolute Gasteiger partial charge is 0.265 e. The maximum Gasteiger partial charge on any atom is 0.265 e. The maximum atomic E-state index is 13.5. The van der Waals surface area contributed by atoms with Crippen molar-refractivity contribution in [3.8, 4) is 5.75 Å². The molecule has 4 rings (SSSR count). The normalized spacial score (nSPS) is 21.0. The molecule has 0 spiro atoms. The number of amides is 2. The van der Waals surface area contributed by atoms with Crippen LogP contribution in [-0.4, -0.2) is 43.7 Å². The lowest BCUT2D eigenvalue weighted by molar-refractivity contribution is -0.126. The van der Waals surface area contributed by atoms with Crippen LogP contribution in [0.2, 0.25) is 5.02 Å². The number of carbonyl (C=O) groups excluding carboxylic acids is 2. The Morgan fingerprint density at radius 2 is 2.00 bits per heavy atom. The zero-order valence-electron chi connectivity index (χ0n) is 18.4. The summed E-state index contributed by atoms with van der Waals surface area (Å²) in [5.74, 6) is -0.567. The minimum absolute atomic E-state index is 0.110. The largest absolute Gasteiger partial charge is 0.479 e.